The molecule has 0 saturated carbocycles. The second-order valence-electron chi connectivity index (χ2n) is 3.19. The highest BCUT2D eigenvalue weighted by Gasteiger charge is 2.16. The highest BCUT2D eigenvalue weighted by molar-refractivity contribution is 4.78. The van der Waals surface area contributed by atoms with Crippen molar-refractivity contribution in [3.05, 3.63) is 0 Å². The first-order valence-corrected chi connectivity index (χ1v) is 4.63. The largest absolute Gasteiger partial charge is 0.309 e. The molecule has 2 heteroatoms. The third-order valence-corrected chi connectivity index (χ3v) is 1.74. The van der Waals surface area contributed by atoms with Gasteiger partial charge in [0.2, 0.25) is 0 Å². The van der Waals surface area contributed by atoms with E-state index in [0.29, 0.717) is 12.1 Å². The van der Waals surface area contributed by atoms with E-state index in [1.165, 1.54) is 13.1 Å². The van der Waals surface area contributed by atoms with Crippen LogP contribution in [0.1, 0.15) is 29.1 Å². The van der Waals surface area contributed by atoms with E-state index < -0.39 is 0 Å². The molecule has 0 radical (unpaired) electrons. The summed E-state index contributed by atoms with van der Waals surface area (Å²) in [4.78, 5) is 2.37. The van der Waals surface area contributed by atoms with Gasteiger partial charge in [0.1, 0.15) is 0 Å². The molecule has 1 fully saturated rings. The van der Waals surface area contributed by atoms with Gasteiger partial charge in [-0.25, -0.2) is 0 Å². The van der Waals surface area contributed by atoms with Crippen LogP contribution in [0.4, 0.5) is 0 Å². The van der Waals surface area contributed by atoms with E-state index in [0.717, 1.165) is 0 Å². The first kappa shape index (κ1) is 10.9. The van der Waals surface area contributed by atoms with Gasteiger partial charge in [-0.05, 0) is 20.9 Å². The van der Waals surface area contributed by atoms with Gasteiger partial charge in [0, 0.05) is 26.6 Å². The Bertz CT molecular complexity index is 73.5. The Morgan fingerprint density at radius 3 is 1.82 bits per heavy atom. The van der Waals surface area contributed by atoms with Crippen molar-refractivity contribution in [1.82, 2.24) is 10.2 Å². The van der Waals surface area contributed by atoms with Crippen LogP contribution in [0.2, 0.25) is 0 Å². The van der Waals surface area contributed by atoms with Crippen molar-refractivity contribution in [2.24, 2.45) is 0 Å². The number of hydrogen-bond donors (Lipinski definition) is 1. The normalized spacial score (nSPS) is 32.5. The van der Waals surface area contributed by atoms with Crippen LogP contribution >= 0.6 is 0 Å². The molecule has 1 aliphatic heterocycles. The summed E-state index contributed by atoms with van der Waals surface area (Å²) in [5.41, 5.74) is 0. The average Bonchev–Trinajstić information content (AvgIpc) is 1.88. The summed E-state index contributed by atoms with van der Waals surface area (Å²) in [5.74, 6) is 0. The minimum atomic E-state index is 0. The maximum Gasteiger partial charge on any atom is 0.0169 e. The summed E-state index contributed by atoms with van der Waals surface area (Å²) < 4.78 is 0. The van der Waals surface area contributed by atoms with Gasteiger partial charge in [-0.2, -0.15) is 0 Å². The summed E-state index contributed by atoms with van der Waals surface area (Å²) >= 11 is 0. The van der Waals surface area contributed by atoms with E-state index in [1.807, 2.05) is 13.8 Å². The lowest BCUT2D eigenvalue weighted by Gasteiger charge is -2.33. The van der Waals surface area contributed by atoms with Crippen LogP contribution in [-0.4, -0.2) is 37.1 Å². The van der Waals surface area contributed by atoms with Gasteiger partial charge >= 0.3 is 0 Å². The monoisotopic (exact) mass is 160 g/mol. The van der Waals surface area contributed by atoms with Gasteiger partial charge in [0.25, 0.3) is 0 Å². The molecule has 70 valence electrons. The molecule has 0 amide bonds. The summed E-state index contributed by atoms with van der Waals surface area (Å²) in [7, 11) is 2.17. The number of piperazine rings is 1. The number of likely N-dealkylation sites (N-methyl/N-ethyl adjacent to an activating group) is 1. The molecule has 0 aliphatic carbocycles. The van der Waals surface area contributed by atoms with Gasteiger partial charge in [0.05, 0.1) is 0 Å². The van der Waals surface area contributed by atoms with E-state index in [2.05, 4.69) is 31.1 Å². The molecule has 0 aromatic carbocycles. The van der Waals surface area contributed by atoms with Gasteiger partial charge in [-0.3, -0.25) is 0 Å². The lowest BCUT2D eigenvalue weighted by Crippen LogP contribution is -2.52. The molecule has 11 heavy (non-hydrogen) atoms. The first-order chi connectivity index (χ1) is 5.18. The summed E-state index contributed by atoms with van der Waals surface area (Å²) in [6.45, 7) is 10.8. The Labute approximate surface area is 72.5 Å². The van der Waals surface area contributed by atoms with Gasteiger partial charge < -0.3 is 10.2 Å². The zero-order valence-electron chi connectivity index (χ0n) is 8.52. The molecule has 2 atom stereocenters. The average molecular weight is 160 g/mol. The molecule has 0 aromatic rings. The molecule has 2 unspecified atom stereocenters. The van der Waals surface area contributed by atoms with Crippen molar-refractivity contribution < 1.29 is 1.43 Å². The minimum absolute atomic E-state index is 0. The van der Waals surface area contributed by atoms with E-state index in [4.69, 9.17) is 0 Å². The van der Waals surface area contributed by atoms with E-state index in [9.17, 15) is 0 Å². The SMILES string of the molecule is CC.CC1CN(C)CC(C)N1.[HH]. The quantitative estimate of drug-likeness (QED) is 0.578. The number of nitrogens with zero attached hydrogens (tertiary/aromatic N) is 1. The fourth-order valence-electron chi connectivity index (χ4n) is 1.60. The summed E-state index contributed by atoms with van der Waals surface area (Å²) in [6, 6.07) is 1.33. The summed E-state index contributed by atoms with van der Waals surface area (Å²) in [5, 5.41) is 3.47. The van der Waals surface area contributed by atoms with Crippen molar-refractivity contribution in [2.45, 2.75) is 39.8 Å². The maximum atomic E-state index is 3.47. The van der Waals surface area contributed by atoms with E-state index in [-0.39, 0.29) is 1.43 Å². The van der Waals surface area contributed by atoms with Crippen LogP contribution in [0.3, 0.4) is 0 Å². The molecule has 0 bridgehead atoms. The third-order valence-electron chi connectivity index (χ3n) is 1.74. The summed E-state index contributed by atoms with van der Waals surface area (Å²) in [6.07, 6.45) is 0. The molecular weight excluding hydrogens is 136 g/mol. The molecule has 1 saturated heterocycles. The molecular formula is C9H24N2. The second-order valence-corrected chi connectivity index (χ2v) is 3.19. The molecule has 0 aromatic heterocycles. The Morgan fingerprint density at radius 1 is 1.18 bits per heavy atom. The molecule has 1 rings (SSSR count). The number of rotatable bonds is 0. The smallest absolute Gasteiger partial charge is 0.0169 e. The van der Waals surface area contributed by atoms with E-state index >= 15 is 0 Å². The van der Waals surface area contributed by atoms with Crippen LogP contribution in [0, 0.1) is 0 Å². The zero-order chi connectivity index (χ0) is 8.85. The molecule has 2 nitrogen and oxygen atoms in total. The first-order valence-electron chi connectivity index (χ1n) is 4.63. The second kappa shape index (κ2) is 5.56. The molecule has 1 aliphatic rings. The van der Waals surface area contributed by atoms with Crippen LogP contribution in [0.25, 0.3) is 0 Å². The lowest BCUT2D eigenvalue weighted by atomic mass is 10.2. The Balaban J connectivity index is 0. The molecule has 1 N–H and O–H groups in total. The lowest BCUT2D eigenvalue weighted by molar-refractivity contribution is 0.208. The van der Waals surface area contributed by atoms with Crippen LogP contribution in [0.5, 0.6) is 0 Å². The predicted molar refractivity (Wildman–Crippen MR) is 53.0 cm³/mol. The zero-order valence-corrected chi connectivity index (χ0v) is 8.52. The maximum absolute atomic E-state index is 3.47. The fraction of sp³-hybridized carbons (Fsp3) is 1.00. The van der Waals surface area contributed by atoms with Gasteiger partial charge in [0.15, 0.2) is 0 Å². The van der Waals surface area contributed by atoms with Crippen LogP contribution in [0.15, 0.2) is 0 Å². The minimum Gasteiger partial charge on any atom is -0.309 e. The van der Waals surface area contributed by atoms with Crippen molar-refractivity contribution in [2.75, 3.05) is 20.1 Å². The standard InChI is InChI=1S/C7H16N2.C2H6.H2/c1-6-4-9(3)5-7(2)8-6;1-2;/h6-8H,4-5H2,1-3H3;1-2H3;1H. The van der Waals surface area contributed by atoms with Crippen molar-refractivity contribution in [1.29, 1.82) is 0 Å². The topological polar surface area (TPSA) is 15.3 Å². The van der Waals surface area contributed by atoms with Gasteiger partial charge in [-0.15, -0.1) is 0 Å². The van der Waals surface area contributed by atoms with Crippen LogP contribution in [-0.2, 0) is 0 Å². The van der Waals surface area contributed by atoms with Crippen molar-refractivity contribution >= 4 is 0 Å². The molecule has 0 spiro atoms. The van der Waals surface area contributed by atoms with Crippen molar-refractivity contribution in [3.8, 4) is 0 Å². The molecule has 1 heterocycles. The predicted octanol–water partition coefficient (Wildman–Crippen LogP) is 1.57. The van der Waals surface area contributed by atoms with E-state index in [1.54, 1.807) is 0 Å². The Hall–Kier alpha value is -0.0800. The highest BCUT2D eigenvalue weighted by atomic mass is 15.2. The highest BCUT2D eigenvalue weighted by Crippen LogP contribution is 1.99. The number of nitrogens with one attached hydrogen (secondary N) is 1. The van der Waals surface area contributed by atoms with Gasteiger partial charge in [-0.1, -0.05) is 13.8 Å². The Kier molecular flexibility index (Phi) is 5.51. The Morgan fingerprint density at radius 2 is 1.55 bits per heavy atom. The third kappa shape index (κ3) is 4.38. The van der Waals surface area contributed by atoms with Crippen molar-refractivity contribution in [3.63, 3.8) is 0 Å². The fourth-order valence-corrected chi connectivity index (χ4v) is 1.60. The number of hydrogen-bond acceptors (Lipinski definition) is 2. The van der Waals surface area contributed by atoms with Crippen LogP contribution < -0.4 is 5.32 Å².